The fourth-order valence-corrected chi connectivity index (χ4v) is 6.74. The molecule has 0 heterocycles. The molecule has 0 fully saturated rings. The van der Waals surface area contributed by atoms with Crippen molar-refractivity contribution in [1.29, 1.82) is 0 Å². The molecular formula is C29H63BrNO3P. The number of rotatable bonds is 25. The van der Waals surface area contributed by atoms with Crippen molar-refractivity contribution in [3.63, 3.8) is 0 Å². The van der Waals surface area contributed by atoms with Gasteiger partial charge < -0.3 is 30.5 Å². The molecule has 0 amide bonds. The van der Waals surface area contributed by atoms with Gasteiger partial charge in [0.15, 0.2) is 0 Å². The van der Waals surface area contributed by atoms with E-state index < -0.39 is 7.60 Å². The maximum atomic E-state index is 13.0. The van der Waals surface area contributed by atoms with Crippen LogP contribution in [0.15, 0.2) is 0 Å². The van der Waals surface area contributed by atoms with E-state index in [0.29, 0.717) is 6.16 Å². The van der Waals surface area contributed by atoms with Crippen molar-refractivity contribution in [2.24, 2.45) is 0 Å². The highest BCUT2D eigenvalue weighted by molar-refractivity contribution is 7.53. The van der Waals surface area contributed by atoms with E-state index in [0.717, 1.165) is 17.4 Å². The minimum Gasteiger partial charge on any atom is -1.00 e. The second-order valence-corrected chi connectivity index (χ2v) is 13.8. The molecule has 0 aromatic heterocycles. The Bertz CT molecular complexity index is 486. The van der Waals surface area contributed by atoms with Crippen molar-refractivity contribution in [3.05, 3.63) is 0 Å². The summed E-state index contributed by atoms with van der Waals surface area (Å²) in [6.45, 7) is 12.2. The van der Waals surface area contributed by atoms with Crippen molar-refractivity contribution >= 4 is 7.60 Å². The number of unbranched alkanes of at least 4 members (excludes halogenated alkanes) is 15. The van der Waals surface area contributed by atoms with Crippen molar-refractivity contribution in [2.75, 3.05) is 33.3 Å². The number of nitrogens with zero attached hydrogens (tertiary/aromatic N) is 1. The molecule has 0 unspecified atom stereocenters. The smallest absolute Gasteiger partial charge is 0.331 e. The third kappa shape index (κ3) is 26.0. The van der Waals surface area contributed by atoms with E-state index in [9.17, 15) is 4.57 Å². The van der Waals surface area contributed by atoms with Gasteiger partial charge in [0.05, 0.1) is 45.6 Å². The van der Waals surface area contributed by atoms with E-state index in [1.807, 2.05) is 27.7 Å². The molecule has 6 heteroatoms. The SMILES string of the molecule is CCCCCCCCCCCCCCCCCC[N+](C)(C)CCCP(=O)(OC(C)C)OC(C)C.[Br-]. The molecule has 0 saturated carbocycles. The largest absolute Gasteiger partial charge is 1.00 e. The third-order valence-electron chi connectivity index (χ3n) is 6.56. The first kappa shape index (κ1) is 37.7. The highest BCUT2D eigenvalue weighted by atomic mass is 79.9. The second kappa shape index (κ2) is 23.7. The van der Waals surface area contributed by atoms with Crippen LogP contribution < -0.4 is 17.0 Å². The third-order valence-corrected chi connectivity index (χ3v) is 8.90. The first-order valence-electron chi connectivity index (χ1n) is 14.9. The van der Waals surface area contributed by atoms with Gasteiger partial charge in [-0.3, -0.25) is 4.57 Å². The molecule has 4 nitrogen and oxygen atoms in total. The normalized spacial score (nSPS) is 12.5. The van der Waals surface area contributed by atoms with E-state index in [4.69, 9.17) is 9.05 Å². The van der Waals surface area contributed by atoms with Crippen molar-refractivity contribution in [3.8, 4) is 0 Å². The topological polar surface area (TPSA) is 35.5 Å². The molecule has 214 valence electrons. The Kier molecular flexibility index (Phi) is 25.5. The summed E-state index contributed by atoms with van der Waals surface area (Å²) in [6, 6.07) is 0. The van der Waals surface area contributed by atoms with Crippen LogP contribution in [0.1, 0.15) is 144 Å². The molecule has 0 N–H and O–H groups in total. The van der Waals surface area contributed by atoms with Crippen LogP contribution >= 0.6 is 7.60 Å². The molecule has 0 aromatic carbocycles. The molecule has 0 spiro atoms. The van der Waals surface area contributed by atoms with Gasteiger partial charge in [0, 0.05) is 6.42 Å². The molecule has 0 aliphatic carbocycles. The van der Waals surface area contributed by atoms with Crippen molar-refractivity contribution in [1.82, 2.24) is 0 Å². The predicted octanol–water partition coefficient (Wildman–Crippen LogP) is 6.76. The minimum atomic E-state index is -2.99. The van der Waals surface area contributed by atoms with Crippen LogP contribution in [0.5, 0.6) is 0 Å². The summed E-state index contributed by atoms with van der Waals surface area (Å²) in [5.74, 6) is 0. The molecular weight excluding hydrogens is 521 g/mol. The van der Waals surface area contributed by atoms with Gasteiger partial charge in [-0.15, -0.1) is 0 Å². The molecule has 0 saturated heterocycles. The van der Waals surface area contributed by atoms with Crippen LogP contribution in [-0.4, -0.2) is 50.0 Å². The van der Waals surface area contributed by atoms with Gasteiger partial charge in [-0.1, -0.05) is 96.8 Å². The average molecular weight is 585 g/mol. The van der Waals surface area contributed by atoms with Crippen LogP contribution in [0, 0.1) is 0 Å². The lowest BCUT2D eigenvalue weighted by Crippen LogP contribution is -3.00. The first-order valence-corrected chi connectivity index (χ1v) is 16.6. The lowest BCUT2D eigenvalue weighted by molar-refractivity contribution is -0.890. The Hall–Kier alpha value is 0.590. The predicted molar refractivity (Wildman–Crippen MR) is 151 cm³/mol. The van der Waals surface area contributed by atoms with Crippen LogP contribution in [0.3, 0.4) is 0 Å². The number of hydrogen-bond acceptors (Lipinski definition) is 3. The van der Waals surface area contributed by atoms with E-state index in [-0.39, 0.29) is 29.2 Å². The maximum absolute atomic E-state index is 13.0. The Morgan fingerprint density at radius 2 is 0.886 bits per heavy atom. The lowest BCUT2D eigenvalue weighted by atomic mass is 10.0. The fraction of sp³-hybridized carbons (Fsp3) is 1.00. The Labute approximate surface area is 231 Å². The summed E-state index contributed by atoms with van der Waals surface area (Å²) in [6.07, 6.45) is 23.8. The maximum Gasteiger partial charge on any atom is 0.331 e. The number of quaternary nitrogens is 1. The molecule has 0 radical (unpaired) electrons. The van der Waals surface area contributed by atoms with E-state index >= 15 is 0 Å². The monoisotopic (exact) mass is 583 g/mol. The van der Waals surface area contributed by atoms with Crippen LogP contribution in [-0.2, 0) is 13.6 Å². The zero-order valence-corrected chi connectivity index (χ0v) is 27.3. The zero-order valence-electron chi connectivity index (χ0n) is 24.8. The molecule has 0 atom stereocenters. The molecule has 0 aromatic rings. The van der Waals surface area contributed by atoms with Crippen LogP contribution in [0.4, 0.5) is 0 Å². The zero-order chi connectivity index (χ0) is 25.7. The standard InChI is InChI=1S/C29H63NO3P.BrH/c1-8-9-10-11-12-13-14-15-16-17-18-19-20-21-22-23-25-30(6,7)26-24-27-34(31,32-28(2)3)33-29(4)5;/h28-29H,8-27H2,1-7H3;1H/q+1;/p-1. The Balaban J connectivity index is 0. The van der Waals surface area contributed by atoms with E-state index in [2.05, 4.69) is 21.0 Å². The second-order valence-electron chi connectivity index (χ2n) is 11.7. The average Bonchev–Trinajstić information content (AvgIpc) is 2.72. The van der Waals surface area contributed by atoms with Crippen LogP contribution in [0.25, 0.3) is 0 Å². The van der Waals surface area contributed by atoms with Crippen LogP contribution in [0.2, 0.25) is 0 Å². The van der Waals surface area contributed by atoms with E-state index in [1.165, 1.54) is 109 Å². The quantitative estimate of drug-likeness (QED) is 0.0676. The van der Waals surface area contributed by atoms with Gasteiger partial charge in [-0.25, -0.2) is 0 Å². The Morgan fingerprint density at radius 1 is 0.571 bits per heavy atom. The highest BCUT2D eigenvalue weighted by Crippen LogP contribution is 2.51. The van der Waals surface area contributed by atoms with Crippen molar-refractivity contribution < 1.29 is 35.1 Å². The molecule has 0 bridgehead atoms. The van der Waals surface area contributed by atoms with Crippen molar-refractivity contribution in [2.45, 2.75) is 156 Å². The molecule has 0 aliphatic heterocycles. The molecule has 0 rings (SSSR count). The Morgan fingerprint density at radius 3 is 1.23 bits per heavy atom. The minimum absolute atomic E-state index is 0. The van der Waals surface area contributed by atoms with E-state index in [1.54, 1.807) is 0 Å². The number of hydrogen-bond donors (Lipinski definition) is 0. The highest BCUT2D eigenvalue weighted by Gasteiger charge is 2.28. The summed E-state index contributed by atoms with van der Waals surface area (Å²) < 4.78 is 25.3. The molecule has 0 aliphatic rings. The summed E-state index contributed by atoms with van der Waals surface area (Å²) in [5.41, 5.74) is 0. The van der Waals surface area contributed by atoms with Gasteiger partial charge in [0.1, 0.15) is 0 Å². The summed E-state index contributed by atoms with van der Waals surface area (Å²) in [4.78, 5) is 0. The fourth-order valence-electron chi connectivity index (χ4n) is 4.66. The summed E-state index contributed by atoms with van der Waals surface area (Å²) >= 11 is 0. The van der Waals surface area contributed by atoms with Gasteiger partial charge in [0.25, 0.3) is 0 Å². The summed E-state index contributed by atoms with van der Waals surface area (Å²) in [7, 11) is 1.60. The lowest BCUT2D eigenvalue weighted by Gasteiger charge is -2.31. The van der Waals surface area contributed by atoms with Gasteiger partial charge >= 0.3 is 7.60 Å². The first-order chi connectivity index (χ1) is 16.1. The number of halogens is 1. The molecule has 35 heavy (non-hydrogen) atoms. The van der Waals surface area contributed by atoms with Gasteiger partial charge in [-0.2, -0.15) is 0 Å². The van der Waals surface area contributed by atoms with Gasteiger partial charge in [-0.05, 0) is 40.5 Å². The summed E-state index contributed by atoms with van der Waals surface area (Å²) in [5, 5.41) is 0. The van der Waals surface area contributed by atoms with Gasteiger partial charge in [0.2, 0.25) is 0 Å².